The standard InChI is InChI=1S/C10H15NS/c1-8(2)11-12-10-6-4-9(3)5-7-10/h4-8,11H,1-3H3. The lowest BCUT2D eigenvalue weighted by Crippen LogP contribution is -2.13. The van der Waals surface area contributed by atoms with Gasteiger partial charge in [-0.2, -0.15) is 0 Å². The zero-order chi connectivity index (χ0) is 8.97. The summed E-state index contributed by atoms with van der Waals surface area (Å²) in [6, 6.07) is 9.05. The largest absolute Gasteiger partial charge is 0.257 e. The molecule has 0 unspecified atom stereocenters. The summed E-state index contributed by atoms with van der Waals surface area (Å²) < 4.78 is 3.30. The Hall–Kier alpha value is -0.470. The van der Waals surface area contributed by atoms with Crippen LogP contribution in [0.15, 0.2) is 29.2 Å². The summed E-state index contributed by atoms with van der Waals surface area (Å²) in [6.07, 6.45) is 0. The molecule has 1 nitrogen and oxygen atoms in total. The quantitative estimate of drug-likeness (QED) is 0.719. The average molecular weight is 181 g/mol. The molecule has 0 saturated carbocycles. The minimum Gasteiger partial charge on any atom is -0.257 e. The zero-order valence-corrected chi connectivity index (χ0v) is 8.61. The molecule has 66 valence electrons. The van der Waals surface area contributed by atoms with Crippen molar-refractivity contribution < 1.29 is 0 Å². The van der Waals surface area contributed by atoms with Gasteiger partial charge in [0.1, 0.15) is 0 Å². The van der Waals surface area contributed by atoms with Crippen LogP contribution in [0.3, 0.4) is 0 Å². The smallest absolute Gasteiger partial charge is 0.0228 e. The van der Waals surface area contributed by atoms with E-state index in [2.05, 4.69) is 49.8 Å². The second-order valence-electron chi connectivity index (χ2n) is 3.19. The average Bonchev–Trinajstić information content (AvgIpc) is 2.03. The maximum atomic E-state index is 3.30. The second-order valence-corrected chi connectivity index (χ2v) is 4.10. The summed E-state index contributed by atoms with van der Waals surface area (Å²) in [5.41, 5.74) is 1.31. The van der Waals surface area contributed by atoms with E-state index in [1.807, 2.05) is 0 Å². The Balaban J connectivity index is 2.48. The van der Waals surface area contributed by atoms with Gasteiger partial charge in [0.2, 0.25) is 0 Å². The molecule has 0 aromatic heterocycles. The first-order valence-electron chi connectivity index (χ1n) is 4.17. The highest BCUT2D eigenvalue weighted by molar-refractivity contribution is 7.97. The molecule has 0 aliphatic heterocycles. The molecule has 0 saturated heterocycles. The first kappa shape index (κ1) is 9.62. The van der Waals surface area contributed by atoms with Crippen molar-refractivity contribution in [2.24, 2.45) is 0 Å². The van der Waals surface area contributed by atoms with Crippen LogP contribution in [0.4, 0.5) is 0 Å². The third-order valence-corrected chi connectivity index (χ3v) is 2.53. The molecule has 0 spiro atoms. The Morgan fingerprint density at radius 2 is 1.75 bits per heavy atom. The van der Waals surface area contributed by atoms with Crippen molar-refractivity contribution >= 4 is 11.9 Å². The van der Waals surface area contributed by atoms with Crippen LogP contribution in [-0.2, 0) is 0 Å². The molecule has 0 heterocycles. The third kappa shape index (κ3) is 3.28. The van der Waals surface area contributed by atoms with Crippen LogP contribution in [0.1, 0.15) is 19.4 Å². The van der Waals surface area contributed by atoms with Crippen molar-refractivity contribution in [3.63, 3.8) is 0 Å². The van der Waals surface area contributed by atoms with Crippen molar-refractivity contribution in [1.82, 2.24) is 4.72 Å². The fourth-order valence-electron chi connectivity index (χ4n) is 0.792. The summed E-state index contributed by atoms with van der Waals surface area (Å²) in [6.45, 7) is 6.38. The van der Waals surface area contributed by atoms with Crippen molar-refractivity contribution in [2.45, 2.75) is 31.7 Å². The van der Waals surface area contributed by atoms with Gasteiger partial charge in [0.15, 0.2) is 0 Å². The van der Waals surface area contributed by atoms with Gasteiger partial charge in [-0.3, -0.25) is 4.72 Å². The SMILES string of the molecule is Cc1ccc(SNC(C)C)cc1. The second kappa shape index (κ2) is 4.53. The summed E-state index contributed by atoms with van der Waals surface area (Å²) >= 11 is 1.69. The topological polar surface area (TPSA) is 12.0 Å². The van der Waals surface area contributed by atoms with E-state index >= 15 is 0 Å². The molecular weight excluding hydrogens is 166 g/mol. The number of hydrogen-bond donors (Lipinski definition) is 1. The maximum Gasteiger partial charge on any atom is 0.0228 e. The predicted molar refractivity (Wildman–Crippen MR) is 55.3 cm³/mol. The lowest BCUT2D eigenvalue weighted by atomic mass is 10.2. The normalized spacial score (nSPS) is 10.7. The van der Waals surface area contributed by atoms with E-state index in [0.29, 0.717) is 6.04 Å². The number of hydrogen-bond acceptors (Lipinski definition) is 2. The summed E-state index contributed by atoms with van der Waals surface area (Å²) in [5.74, 6) is 0. The van der Waals surface area contributed by atoms with E-state index in [1.54, 1.807) is 11.9 Å². The molecule has 2 heteroatoms. The molecule has 0 atom stereocenters. The fraction of sp³-hybridized carbons (Fsp3) is 0.400. The van der Waals surface area contributed by atoms with Gasteiger partial charge in [0.25, 0.3) is 0 Å². The molecule has 1 aromatic carbocycles. The number of aryl methyl sites for hydroxylation is 1. The number of nitrogens with one attached hydrogen (secondary N) is 1. The highest BCUT2D eigenvalue weighted by Gasteiger charge is 1.94. The van der Waals surface area contributed by atoms with E-state index in [-0.39, 0.29) is 0 Å². The third-order valence-electron chi connectivity index (χ3n) is 1.43. The van der Waals surface area contributed by atoms with E-state index < -0.39 is 0 Å². The molecule has 0 bridgehead atoms. The maximum absolute atomic E-state index is 3.30. The van der Waals surface area contributed by atoms with Gasteiger partial charge in [-0.25, -0.2) is 0 Å². The lowest BCUT2D eigenvalue weighted by Gasteiger charge is -2.06. The Bertz CT molecular complexity index is 228. The number of rotatable bonds is 3. The van der Waals surface area contributed by atoms with Gasteiger partial charge in [0.05, 0.1) is 0 Å². The predicted octanol–water partition coefficient (Wildman–Crippen LogP) is 3.00. The van der Waals surface area contributed by atoms with Crippen LogP contribution < -0.4 is 4.72 Å². The fourth-order valence-corrected chi connectivity index (χ4v) is 1.44. The van der Waals surface area contributed by atoms with Crippen molar-refractivity contribution in [3.8, 4) is 0 Å². The van der Waals surface area contributed by atoms with Crippen LogP contribution in [-0.4, -0.2) is 6.04 Å². The Labute approximate surface area is 78.7 Å². The Kier molecular flexibility index (Phi) is 3.63. The molecule has 0 fully saturated rings. The Morgan fingerprint density at radius 3 is 2.25 bits per heavy atom. The molecule has 1 rings (SSSR count). The van der Waals surface area contributed by atoms with Gasteiger partial charge in [-0.15, -0.1) is 0 Å². The van der Waals surface area contributed by atoms with Crippen molar-refractivity contribution in [1.29, 1.82) is 0 Å². The summed E-state index contributed by atoms with van der Waals surface area (Å²) in [7, 11) is 0. The molecular formula is C10H15NS. The molecule has 0 amide bonds. The lowest BCUT2D eigenvalue weighted by molar-refractivity contribution is 0.771. The molecule has 0 aliphatic rings. The van der Waals surface area contributed by atoms with Gasteiger partial charge in [-0.05, 0) is 44.9 Å². The van der Waals surface area contributed by atoms with Gasteiger partial charge in [0, 0.05) is 10.9 Å². The van der Waals surface area contributed by atoms with Crippen molar-refractivity contribution in [3.05, 3.63) is 29.8 Å². The van der Waals surface area contributed by atoms with E-state index in [4.69, 9.17) is 0 Å². The van der Waals surface area contributed by atoms with E-state index in [9.17, 15) is 0 Å². The first-order valence-corrected chi connectivity index (χ1v) is 4.99. The van der Waals surface area contributed by atoms with Crippen LogP contribution >= 0.6 is 11.9 Å². The molecule has 0 radical (unpaired) electrons. The van der Waals surface area contributed by atoms with Crippen LogP contribution in [0, 0.1) is 6.92 Å². The van der Waals surface area contributed by atoms with Crippen molar-refractivity contribution in [2.75, 3.05) is 0 Å². The number of benzene rings is 1. The minimum absolute atomic E-state index is 0.524. The molecule has 0 aliphatic carbocycles. The molecule has 12 heavy (non-hydrogen) atoms. The van der Waals surface area contributed by atoms with Crippen LogP contribution in [0.25, 0.3) is 0 Å². The summed E-state index contributed by atoms with van der Waals surface area (Å²) in [5, 5.41) is 0. The monoisotopic (exact) mass is 181 g/mol. The first-order chi connectivity index (χ1) is 5.68. The summed E-state index contributed by atoms with van der Waals surface area (Å²) in [4.78, 5) is 1.27. The van der Waals surface area contributed by atoms with Crippen LogP contribution in [0.5, 0.6) is 0 Å². The highest BCUT2D eigenvalue weighted by atomic mass is 32.2. The molecule has 1 N–H and O–H groups in total. The van der Waals surface area contributed by atoms with Gasteiger partial charge in [-0.1, -0.05) is 17.7 Å². The Morgan fingerprint density at radius 1 is 1.17 bits per heavy atom. The zero-order valence-electron chi connectivity index (χ0n) is 7.79. The highest BCUT2D eigenvalue weighted by Crippen LogP contribution is 2.15. The molecule has 1 aromatic rings. The van der Waals surface area contributed by atoms with Gasteiger partial charge < -0.3 is 0 Å². The van der Waals surface area contributed by atoms with E-state index in [1.165, 1.54) is 10.5 Å². The van der Waals surface area contributed by atoms with Crippen LogP contribution in [0.2, 0.25) is 0 Å². The van der Waals surface area contributed by atoms with Gasteiger partial charge >= 0.3 is 0 Å². The minimum atomic E-state index is 0.524. The van der Waals surface area contributed by atoms with E-state index in [0.717, 1.165) is 0 Å².